The quantitative estimate of drug-likeness (QED) is 0.900. The van der Waals surface area contributed by atoms with Gasteiger partial charge in [0, 0.05) is 6.54 Å². The van der Waals surface area contributed by atoms with Crippen LogP contribution in [-0.2, 0) is 19.1 Å². The molecule has 21 heavy (non-hydrogen) atoms. The van der Waals surface area contributed by atoms with Crippen LogP contribution < -0.4 is 11.1 Å². The van der Waals surface area contributed by atoms with E-state index < -0.39 is 11.7 Å². The Bertz CT molecular complexity index is 607. The van der Waals surface area contributed by atoms with Crippen molar-refractivity contribution >= 4 is 11.6 Å². The monoisotopic (exact) mass is 295 g/mol. The molecule has 0 aliphatic rings. The third-order valence-corrected chi connectivity index (χ3v) is 3.08. The van der Waals surface area contributed by atoms with Gasteiger partial charge in [-0.25, -0.2) is 4.98 Å². The molecule has 1 aromatic carbocycles. The summed E-state index contributed by atoms with van der Waals surface area (Å²) in [4.78, 5) is 3.86. The number of hydrogen-bond donors (Lipinski definition) is 2. The molecule has 2 aromatic rings. The minimum atomic E-state index is -4.43. The summed E-state index contributed by atoms with van der Waals surface area (Å²) in [6.07, 6.45) is -3.49. The van der Waals surface area contributed by atoms with Gasteiger partial charge in [-0.3, -0.25) is 0 Å². The SMILES string of the molecule is CCc1ccc(CNc2cc(C(F)(F)F)cc(N)n2)cc1. The van der Waals surface area contributed by atoms with Gasteiger partial charge in [-0.05, 0) is 29.7 Å². The lowest BCUT2D eigenvalue weighted by atomic mass is 10.1. The molecule has 3 nitrogen and oxygen atoms in total. The number of nitrogens with one attached hydrogen (secondary N) is 1. The Kier molecular flexibility index (Phi) is 4.35. The molecule has 0 fully saturated rings. The Morgan fingerprint density at radius 1 is 1.10 bits per heavy atom. The number of rotatable bonds is 4. The lowest BCUT2D eigenvalue weighted by Gasteiger charge is -2.11. The summed E-state index contributed by atoms with van der Waals surface area (Å²) < 4.78 is 38.1. The third-order valence-electron chi connectivity index (χ3n) is 3.08. The molecule has 0 saturated carbocycles. The Hall–Kier alpha value is -2.24. The molecule has 0 spiro atoms. The maximum atomic E-state index is 12.7. The zero-order chi connectivity index (χ0) is 15.5. The average Bonchev–Trinajstić information content (AvgIpc) is 2.44. The fraction of sp³-hybridized carbons (Fsp3) is 0.267. The smallest absolute Gasteiger partial charge is 0.384 e. The molecular weight excluding hydrogens is 279 g/mol. The van der Waals surface area contributed by atoms with Crippen molar-refractivity contribution in [2.45, 2.75) is 26.1 Å². The number of anilines is 2. The van der Waals surface area contributed by atoms with Crippen LogP contribution in [0.1, 0.15) is 23.6 Å². The van der Waals surface area contributed by atoms with E-state index in [0.29, 0.717) is 6.54 Å². The van der Waals surface area contributed by atoms with Crippen LogP contribution in [0.15, 0.2) is 36.4 Å². The van der Waals surface area contributed by atoms with Crippen molar-refractivity contribution in [1.82, 2.24) is 4.98 Å². The number of aromatic nitrogens is 1. The zero-order valence-electron chi connectivity index (χ0n) is 11.5. The molecule has 2 rings (SSSR count). The molecule has 0 atom stereocenters. The van der Waals surface area contributed by atoms with E-state index in [1.807, 2.05) is 24.3 Å². The first-order valence-electron chi connectivity index (χ1n) is 6.55. The van der Waals surface area contributed by atoms with E-state index in [9.17, 15) is 13.2 Å². The van der Waals surface area contributed by atoms with E-state index in [4.69, 9.17) is 5.73 Å². The highest BCUT2D eigenvalue weighted by Crippen LogP contribution is 2.31. The molecule has 0 aliphatic heterocycles. The maximum Gasteiger partial charge on any atom is 0.416 e. The number of nitrogens with two attached hydrogens (primary N) is 1. The summed E-state index contributed by atoms with van der Waals surface area (Å²) in [5.41, 5.74) is 6.78. The van der Waals surface area contributed by atoms with Gasteiger partial charge in [0.15, 0.2) is 0 Å². The van der Waals surface area contributed by atoms with Crippen LogP contribution >= 0.6 is 0 Å². The first-order valence-corrected chi connectivity index (χ1v) is 6.55. The van der Waals surface area contributed by atoms with Gasteiger partial charge >= 0.3 is 6.18 Å². The topological polar surface area (TPSA) is 50.9 Å². The summed E-state index contributed by atoms with van der Waals surface area (Å²) in [6, 6.07) is 9.62. The first kappa shape index (κ1) is 15.2. The van der Waals surface area contributed by atoms with Gasteiger partial charge in [0.25, 0.3) is 0 Å². The molecule has 0 unspecified atom stereocenters. The average molecular weight is 295 g/mol. The second-order valence-corrected chi connectivity index (χ2v) is 4.69. The van der Waals surface area contributed by atoms with Crippen molar-refractivity contribution < 1.29 is 13.2 Å². The summed E-state index contributed by atoms with van der Waals surface area (Å²) >= 11 is 0. The van der Waals surface area contributed by atoms with Gasteiger partial charge in [-0.15, -0.1) is 0 Å². The van der Waals surface area contributed by atoms with Crippen LogP contribution in [0.25, 0.3) is 0 Å². The summed E-state index contributed by atoms with van der Waals surface area (Å²) in [6.45, 7) is 2.44. The number of alkyl halides is 3. The van der Waals surface area contributed by atoms with Crippen molar-refractivity contribution in [2.75, 3.05) is 11.1 Å². The molecular formula is C15H16F3N3. The predicted molar refractivity (Wildman–Crippen MR) is 76.8 cm³/mol. The van der Waals surface area contributed by atoms with Crippen LogP contribution in [0.3, 0.4) is 0 Å². The van der Waals surface area contributed by atoms with Crippen LogP contribution in [0.2, 0.25) is 0 Å². The van der Waals surface area contributed by atoms with Gasteiger partial charge in [-0.2, -0.15) is 13.2 Å². The highest BCUT2D eigenvalue weighted by Gasteiger charge is 2.31. The molecule has 0 bridgehead atoms. The molecule has 6 heteroatoms. The van der Waals surface area contributed by atoms with Gasteiger partial charge in [0.05, 0.1) is 5.56 Å². The Balaban J connectivity index is 2.10. The molecule has 0 saturated heterocycles. The fourth-order valence-corrected chi connectivity index (χ4v) is 1.89. The van der Waals surface area contributed by atoms with Crippen molar-refractivity contribution in [3.63, 3.8) is 0 Å². The molecule has 112 valence electrons. The fourth-order valence-electron chi connectivity index (χ4n) is 1.89. The molecule has 0 amide bonds. The van der Waals surface area contributed by atoms with Crippen molar-refractivity contribution in [1.29, 1.82) is 0 Å². The maximum absolute atomic E-state index is 12.7. The number of aryl methyl sites for hydroxylation is 1. The van der Waals surface area contributed by atoms with Crippen molar-refractivity contribution in [3.8, 4) is 0 Å². The lowest BCUT2D eigenvalue weighted by Crippen LogP contribution is -2.09. The molecule has 0 radical (unpaired) electrons. The second kappa shape index (κ2) is 6.03. The minimum absolute atomic E-state index is 0.113. The Morgan fingerprint density at radius 2 is 1.71 bits per heavy atom. The van der Waals surface area contributed by atoms with E-state index in [0.717, 1.165) is 24.1 Å². The van der Waals surface area contributed by atoms with Crippen molar-refractivity contribution in [2.24, 2.45) is 0 Å². The third kappa shape index (κ3) is 4.11. The molecule has 1 heterocycles. The second-order valence-electron chi connectivity index (χ2n) is 4.69. The Labute approximate surface area is 121 Å². The highest BCUT2D eigenvalue weighted by molar-refractivity contribution is 5.47. The number of benzene rings is 1. The molecule has 0 aliphatic carbocycles. The van der Waals surface area contributed by atoms with Gasteiger partial charge in [-0.1, -0.05) is 31.2 Å². The standard InChI is InChI=1S/C15H16F3N3/c1-2-10-3-5-11(6-4-10)9-20-14-8-12(15(16,17)18)7-13(19)21-14/h3-8H,2,9H2,1H3,(H3,19,20,21). The van der Waals surface area contributed by atoms with E-state index in [1.165, 1.54) is 5.56 Å². The van der Waals surface area contributed by atoms with Crippen molar-refractivity contribution in [3.05, 3.63) is 53.1 Å². The number of nitrogen functional groups attached to an aromatic ring is 1. The van der Waals surface area contributed by atoms with Gasteiger partial charge in [0.1, 0.15) is 11.6 Å². The minimum Gasteiger partial charge on any atom is -0.384 e. The van der Waals surface area contributed by atoms with Gasteiger partial charge < -0.3 is 11.1 Å². The lowest BCUT2D eigenvalue weighted by molar-refractivity contribution is -0.137. The van der Waals surface area contributed by atoms with Crippen LogP contribution in [0, 0.1) is 0 Å². The van der Waals surface area contributed by atoms with Crippen LogP contribution in [0.5, 0.6) is 0 Å². The van der Waals surface area contributed by atoms with Crippen LogP contribution in [0.4, 0.5) is 24.8 Å². The normalized spacial score (nSPS) is 11.4. The number of pyridine rings is 1. The zero-order valence-corrected chi connectivity index (χ0v) is 11.5. The molecule has 1 aromatic heterocycles. The molecule has 3 N–H and O–H groups in total. The van der Waals surface area contributed by atoms with Gasteiger partial charge in [0.2, 0.25) is 0 Å². The van der Waals surface area contributed by atoms with Crippen LogP contribution in [-0.4, -0.2) is 4.98 Å². The first-order chi connectivity index (χ1) is 9.88. The van der Waals surface area contributed by atoms with E-state index in [1.54, 1.807) is 0 Å². The highest BCUT2D eigenvalue weighted by atomic mass is 19.4. The predicted octanol–water partition coefficient (Wildman–Crippen LogP) is 3.86. The summed E-state index contributed by atoms with van der Waals surface area (Å²) in [7, 11) is 0. The van der Waals surface area contributed by atoms with E-state index in [2.05, 4.69) is 17.2 Å². The Morgan fingerprint density at radius 3 is 2.29 bits per heavy atom. The summed E-state index contributed by atoms with van der Waals surface area (Å²) in [5.74, 6) is -0.0458. The number of nitrogens with zero attached hydrogens (tertiary/aromatic N) is 1. The van der Waals surface area contributed by atoms with E-state index in [-0.39, 0.29) is 11.6 Å². The summed E-state index contributed by atoms with van der Waals surface area (Å²) in [5, 5.41) is 2.86. The largest absolute Gasteiger partial charge is 0.416 e. The number of hydrogen-bond acceptors (Lipinski definition) is 3. The van der Waals surface area contributed by atoms with E-state index >= 15 is 0 Å². The number of halogens is 3.